The molecular weight excluding hydrogens is 276 g/mol. The summed E-state index contributed by atoms with van der Waals surface area (Å²) in [5.74, 6) is 0.692. The summed E-state index contributed by atoms with van der Waals surface area (Å²) in [7, 11) is 2.92. The zero-order valence-corrected chi connectivity index (χ0v) is 12.6. The minimum Gasteiger partial charge on any atom is -0.496 e. The summed E-state index contributed by atoms with van der Waals surface area (Å²) < 4.78 is 36.8. The number of halogens is 2. The SMILES string of the molecule is COc1cc(C2(CN)CCCCC2)c(OC)cc1C(F)F. The molecule has 5 heteroatoms. The first-order chi connectivity index (χ1) is 10.1. The molecule has 0 bridgehead atoms. The predicted octanol–water partition coefficient (Wildman–Crippen LogP) is 3.80. The van der Waals surface area contributed by atoms with Crippen LogP contribution in [0.3, 0.4) is 0 Å². The predicted molar refractivity (Wildman–Crippen MR) is 78.3 cm³/mol. The number of alkyl halides is 2. The van der Waals surface area contributed by atoms with Crippen LogP contribution in [0, 0.1) is 0 Å². The molecular formula is C16H23F2NO2. The molecule has 0 aromatic heterocycles. The highest BCUT2D eigenvalue weighted by atomic mass is 19.3. The highest BCUT2D eigenvalue weighted by Gasteiger charge is 2.36. The summed E-state index contributed by atoms with van der Waals surface area (Å²) in [6.45, 7) is 0.487. The van der Waals surface area contributed by atoms with Crippen LogP contribution in [0.1, 0.15) is 49.7 Å². The van der Waals surface area contributed by atoms with E-state index in [1.165, 1.54) is 26.7 Å². The largest absolute Gasteiger partial charge is 0.496 e. The fraction of sp³-hybridized carbons (Fsp3) is 0.625. The lowest BCUT2D eigenvalue weighted by Crippen LogP contribution is -2.37. The van der Waals surface area contributed by atoms with Gasteiger partial charge in [0.25, 0.3) is 6.43 Å². The maximum absolute atomic E-state index is 13.1. The van der Waals surface area contributed by atoms with E-state index < -0.39 is 6.43 Å². The number of methoxy groups -OCH3 is 2. The van der Waals surface area contributed by atoms with Gasteiger partial charge in [-0.2, -0.15) is 0 Å². The first kappa shape index (κ1) is 16.0. The molecule has 1 fully saturated rings. The summed E-state index contributed by atoms with van der Waals surface area (Å²) in [5, 5.41) is 0. The molecule has 1 aromatic rings. The van der Waals surface area contributed by atoms with E-state index in [0.29, 0.717) is 12.3 Å². The average molecular weight is 299 g/mol. The van der Waals surface area contributed by atoms with Gasteiger partial charge in [-0.3, -0.25) is 0 Å². The Hall–Kier alpha value is -1.36. The second-order valence-corrected chi connectivity index (χ2v) is 5.64. The van der Waals surface area contributed by atoms with Gasteiger partial charge in [0.2, 0.25) is 0 Å². The molecule has 2 N–H and O–H groups in total. The van der Waals surface area contributed by atoms with E-state index in [4.69, 9.17) is 15.2 Å². The Bertz CT molecular complexity index is 485. The van der Waals surface area contributed by atoms with Crippen molar-refractivity contribution in [3.05, 3.63) is 23.3 Å². The molecule has 3 nitrogen and oxygen atoms in total. The number of hydrogen-bond donors (Lipinski definition) is 1. The third-order valence-corrected chi connectivity index (χ3v) is 4.56. The van der Waals surface area contributed by atoms with Crippen molar-refractivity contribution in [2.45, 2.75) is 43.9 Å². The van der Waals surface area contributed by atoms with Gasteiger partial charge in [-0.05, 0) is 25.0 Å². The van der Waals surface area contributed by atoms with Crippen molar-refractivity contribution >= 4 is 0 Å². The topological polar surface area (TPSA) is 44.5 Å². The molecule has 0 unspecified atom stereocenters. The van der Waals surface area contributed by atoms with Gasteiger partial charge >= 0.3 is 0 Å². The van der Waals surface area contributed by atoms with Crippen molar-refractivity contribution in [3.8, 4) is 11.5 Å². The lowest BCUT2D eigenvalue weighted by Gasteiger charge is -2.38. The Morgan fingerprint density at radius 3 is 2.19 bits per heavy atom. The Morgan fingerprint density at radius 2 is 1.71 bits per heavy atom. The number of rotatable bonds is 5. The first-order valence-corrected chi connectivity index (χ1v) is 7.32. The maximum Gasteiger partial charge on any atom is 0.267 e. The fourth-order valence-electron chi connectivity index (χ4n) is 3.32. The van der Waals surface area contributed by atoms with Gasteiger partial charge < -0.3 is 15.2 Å². The lowest BCUT2D eigenvalue weighted by atomic mass is 9.69. The highest BCUT2D eigenvalue weighted by molar-refractivity contribution is 5.50. The van der Waals surface area contributed by atoms with Crippen molar-refractivity contribution in [2.75, 3.05) is 20.8 Å². The van der Waals surface area contributed by atoms with Gasteiger partial charge in [0.05, 0.1) is 19.8 Å². The molecule has 2 rings (SSSR count). The molecule has 0 atom stereocenters. The van der Waals surface area contributed by atoms with E-state index >= 15 is 0 Å². The summed E-state index contributed by atoms with van der Waals surface area (Å²) in [6.07, 6.45) is 2.70. The monoisotopic (exact) mass is 299 g/mol. The molecule has 1 aliphatic carbocycles. The zero-order chi connectivity index (χ0) is 15.5. The van der Waals surface area contributed by atoms with E-state index in [1.54, 1.807) is 6.07 Å². The van der Waals surface area contributed by atoms with Crippen molar-refractivity contribution in [1.82, 2.24) is 0 Å². The van der Waals surface area contributed by atoms with Crippen molar-refractivity contribution in [3.63, 3.8) is 0 Å². The van der Waals surface area contributed by atoms with Crippen LogP contribution in [0.15, 0.2) is 12.1 Å². The number of nitrogens with two attached hydrogens (primary N) is 1. The lowest BCUT2D eigenvalue weighted by molar-refractivity contribution is 0.146. The summed E-state index contributed by atoms with van der Waals surface area (Å²) in [5.41, 5.74) is 6.60. The number of ether oxygens (including phenoxy) is 2. The molecule has 0 spiro atoms. The Balaban J connectivity index is 2.55. The molecule has 1 saturated carbocycles. The maximum atomic E-state index is 13.1. The van der Waals surface area contributed by atoms with Crippen molar-refractivity contribution in [2.24, 2.45) is 5.73 Å². The van der Waals surface area contributed by atoms with Gasteiger partial charge in [-0.15, -0.1) is 0 Å². The zero-order valence-electron chi connectivity index (χ0n) is 12.6. The Kier molecular flexibility index (Phi) is 5.04. The van der Waals surface area contributed by atoms with Crippen LogP contribution in [0.2, 0.25) is 0 Å². The quantitative estimate of drug-likeness (QED) is 0.899. The van der Waals surface area contributed by atoms with E-state index in [2.05, 4.69) is 0 Å². The minimum atomic E-state index is -2.59. The average Bonchev–Trinajstić information content (AvgIpc) is 2.54. The standard InChI is InChI=1S/C16H23F2NO2/c1-20-13-9-12(14(21-2)8-11(13)15(17)18)16(10-19)6-4-3-5-7-16/h8-9,15H,3-7,10,19H2,1-2H3. The van der Waals surface area contributed by atoms with E-state index in [0.717, 1.165) is 31.2 Å². The fourth-order valence-corrected chi connectivity index (χ4v) is 3.32. The van der Waals surface area contributed by atoms with E-state index in [9.17, 15) is 8.78 Å². The van der Waals surface area contributed by atoms with Crippen LogP contribution < -0.4 is 15.2 Å². The normalized spacial score (nSPS) is 17.8. The van der Waals surface area contributed by atoms with Gasteiger partial charge in [0.15, 0.2) is 0 Å². The Labute approximate surface area is 124 Å². The molecule has 0 aliphatic heterocycles. The van der Waals surface area contributed by atoms with Crippen LogP contribution in [-0.2, 0) is 5.41 Å². The van der Waals surface area contributed by atoms with E-state index in [1.807, 2.05) is 0 Å². The van der Waals surface area contributed by atoms with Crippen LogP contribution in [0.25, 0.3) is 0 Å². The minimum absolute atomic E-state index is 0.138. The smallest absolute Gasteiger partial charge is 0.267 e. The molecule has 0 heterocycles. The van der Waals surface area contributed by atoms with Gasteiger partial charge in [-0.1, -0.05) is 19.3 Å². The highest BCUT2D eigenvalue weighted by Crippen LogP contribution is 2.46. The van der Waals surface area contributed by atoms with Gasteiger partial charge in [0, 0.05) is 17.5 Å². The van der Waals surface area contributed by atoms with Gasteiger partial charge in [-0.25, -0.2) is 8.78 Å². The second-order valence-electron chi connectivity index (χ2n) is 5.64. The second kappa shape index (κ2) is 6.60. The van der Waals surface area contributed by atoms with Gasteiger partial charge in [0.1, 0.15) is 11.5 Å². The summed E-state index contributed by atoms with van der Waals surface area (Å²) >= 11 is 0. The van der Waals surface area contributed by atoms with Crippen molar-refractivity contribution in [1.29, 1.82) is 0 Å². The molecule has 1 aromatic carbocycles. The van der Waals surface area contributed by atoms with Crippen LogP contribution in [0.5, 0.6) is 11.5 Å². The van der Waals surface area contributed by atoms with Crippen LogP contribution >= 0.6 is 0 Å². The third-order valence-electron chi connectivity index (χ3n) is 4.56. The van der Waals surface area contributed by atoms with Crippen LogP contribution in [-0.4, -0.2) is 20.8 Å². The molecule has 0 radical (unpaired) electrons. The molecule has 0 saturated heterocycles. The summed E-state index contributed by atoms with van der Waals surface area (Å²) in [6, 6.07) is 3.09. The number of hydrogen-bond acceptors (Lipinski definition) is 3. The molecule has 118 valence electrons. The molecule has 1 aliphatic rings. The van der Waals surface area contributed by atoms with Crippen LogP contribution in [0.4, 0.5) is 8.78 Å². The summed E-state index contributed by atoms with van der Waals surface area (Å²) in [4.78, 5) is 0. The Morgan fingerprint density at radius 1 is 1.10 bits per heavy atom. The molecule has 21 heavy (non-hydrogen) atoms. The van der Waals surface area contributed by atoms with E-state index in [-0.39, 0.29) is 16.7 Å². The number of benzene rings is 1. The first-order valence-electron chi connectivity index (χ1n) is 7.32. The third kappa shape index (κ3) is 2.98. The van der Waals surface area contributed by atoms with Crippen molar-refractivity contribution < 1.29 is 18.3 Å². The molecule has 0 amide bonds.